The standard InChI is InChI=1S/C12H8N2O3/c1-14-9-4-11-10(16-6-17-11)3-7(9)2-8(5-13)12(14)15/h2-4H,6H2,1H3. The second-order valence-electron chi connectivity index (χ2n) is 3.80. The molecule has 1 aromatic carbocycles. The van der Waals surface area contributed by atoms with Crippen molar-refractivity contribution in [3.8, 4) is 17.6 Å². The first-order valence-corrected chi connectivity index (χ1v) is 5.04. The summed E-state index contributed by atoms with van der Waals surface area (Å²) in [5.41, 5.74) is 0.538. The second kappa shape index (κ2) is 3.25. The minimum Gasteiger partial charge on any atom is -0.454 e. The minimum absolute atomic E-state index is 0.124. The Balaban J connectivity index is 2.45. The van der Waals surface area contributed by atoms with Crippen LogP contribution in [0.1, 0.15) is 5.56 Å². The van der Waals surface area contributed by atoms with E-state index in [1.165, 1.54) is 4.57 Å². The molecule has 2 heterocycles. The van der Waals surface area contributed by atoms with E-state index in [9.17, 15) is 4.79 Å². The highest BCUT2D eigenvalue weighted by Gasteiger charge is 2.16. The summed E-state index contributed by atoms with van der Waals surface area (Å²) in [5.74, 6) is 1.26. The molecule has 5 heteroatoms. The van der Waals surface area contributed by atoms with Gasteiger partial charge in [0.15, 0.2) is 11.5 Å². The maximum absolute atomic E-state index is 11.8. The van der Waals surface area contributed by atoms with Crippen molar-refractivity contribution in [3.63, 3.8) is 0 Å². The highest BCUT2D eigenvalue weighted by molar-refractivity contribution is 5.84. The van der Waals surface area contributed by atoms with Crippen LogP contribution in [0.4, 0.5) is 0 Å². The molecular weight excluding hydrogens is 220 g/mol. The van der Waals surface area contributed by atoms with E-state index >= 15 is 0 Å². The van der Waals surface area contributed by atoms with E-state index in [0.29, 0.717) is 11.5 Å². The van der Waals surface area contributed by atoms with Gasteiger partial charge in [-0.2, -0.15) is 5.26 Å². The summed E-state index contributed by atoms with van der Waals surface area (Å²) in [4.78, 5) is 11.8. The van der Waals surface area contributed by atoms with Crippen molar-refractivity contribution in [1.29, 1.82) is 5.26 Å². The van der Waals surface area contributed by atoms with Crippen LogP contribution in [-0.2, 0) is 7.05 Å². The fourth-order valence-corrected chi connectivity index (χ4v) is 1.94. The Hall–Kier alpha value is -2.48. The van der Waals surface area contributed by atoms with Gasteiger partial charge in [0.05, 0.1) is 5.52 Å². The van der Waals surface area contributed by atoms with E-state index < -0.39 is 0 Å². The lowest BCUT2D eigenvalue weighted by Gasteiger charge is -2.06. The highest BCUT2D eigenvalue weighted by Crippen LogP contribution is 2.35. The normalized spacial score (nSPS) is 12.7. The molecule has 0 unspecified atom stereocenters. The van der Waals surface area contributed by atoms with Gasteiger partial charge in [0.2, 0.25) is 6.79 Å². The topological polar surface area (TPSA) is 64.2 Å². The Morgan fingerprint density at radius 3 is 2.71 bits per heavy atom. The Morgan fingerprint density at radius 1 is 1.29 bits per heavy atom. The van der Waals surface area contributed by atoms with Crippen LogP contribution in [0.2, 0.25) is 0 Å². The first-order valence-electron chi connectivity index (χ1n) is 5.04. The van der Waals surface area contributed by atoms with Crippen molar-refractivity contribution >= 4 is 10.9 Å². The van der Waals surface area contributed by atoms with Crippen LogP contribution >= 0.6 is 0 Å². The van der Waals surface area contributed by atoms with Crippen molar-refractivity contribution in [2.75, 3.05) is 6.79 Å². The van der Waals surface area contributed by atoms with E-state index in [0.717, 1.165) is 10.9 Å². The monoisotopic (exact) mass is 228 g/mol. The van der Waals surface area contributed by atoms with Gasteiger partial charge >= 0.3 is 0 Å². The summed E-state index contributed by atoms with van der Waals surface area (Å²) in [6, 6.07) is 6.99. The summed E-state index contributed by atoms with van der Waals surface area (Å²) in [5, 5.41) is 9.66. The third kappa shape index (κ3) is 1.27. The Morgan fingerprint density at radius 2 is 2.00 bits per heavy atom. The number of ether oxygens (including phenoxy) is 2. The summed E-state index contributed by atoms with van der Waals surface area (Å²) in [7, 11) is 1.63. The lowest BCUT2D eigenvalue weighted by Crippen LogP contribution is -2.19. The van der Waals surface area contributed by atoms with Gasteiger partial charge < -0.3 is 14.0 Å². The second-order valence-corrected chi connectivity index (χ2v) is 3.80. The molecule has 0 atom stereocenters. The molecule has 2 aromatic rings. The number of hydrogen-bond acceptors (Lipinski definition) is 4. The predicted octanol–water partition coefficient (Wildman–Crippen LogP) is 1.14. The number of aryl methyl sites for hydroxylation is 1. The van der Waals surface area contributed by atoms with E-state index in [1.807, 2.05) is 6.07 Å². The van der Waals surface area contributed by atoms with E-state index in [1.54, 1.807) is 25.2 Å². The molecule has 0 saturated carbocycles. The summed E-state index contributed by atoms with van der Waals surface area (Å²) < 4.78 is 12.0. The zero-order chi connectivity index (χ0) is 12.0. The fourth-order valence-electron chi connectivity index (χ4n) is 1.94. The van der Waals surface area contributed by atoms with Crippen molar-refractivity contribution in [2.24, 2.45) is 7.05 Å². The number of pyridine rings is 1. The molecule has 0 fully saturated rings. The van der Waals surface area contributed by atoms with Crippen LogP contribution < -0.4 is 15.0 Å². The van der Waals surface area contributed by atoms with Crippen LogP contribution in [0.5, 0.6) is 11.5 Å². The molecule has 84 valence electrons. The summed E-state index contributed by atoms with van der Waals surface area (Å²) in [6.07, 6.45) is 0. The largest absolute Gasteiger partial charge is 0.454 e. The molecule has 1 aliphatic rings. The smallest absolute Gasteiger partial charge is 0.268 e. The third-order valence-electron chi connectivity index (χ3n) is 2.84. The molecular formula is C12H8N2O3. The lowest BCUT2D eigenvalue weighted by molar-refractivity contribution is 0.174. The zero-order valence-corrected chi connectivity index (χ0v) is 9.06. The number of fused-ring (bicyclic) bond motifs is 2. The van der Waals surface area contributed by atoms with Gasteiger partial charge in [-0.15, -0.1) is 0 Å². The molecule has 0 amide bonds. The molecule has 5 nitrogen and oxygen atoms in total. The van der Waals surface area contributed by atoms with Gasteiger partial charge in [-0.1, -0.05) is 0 Å². The molecule has 0 saturated heterocycles. The average molecular weight is 228 g/mol. The zero-order valence-electron chi connectivity index (χ0n) is 9.06. The summed E-state index contributed by atoms with van der Waals surface area (Å²) in [6.45, 7) is 0.185. The van der Waals surface area contributed by atoms with Crippen LogP contribution in [-0.4, -0.2) is 11.4 Å². The van der Waals surface area contributed by atoms with Gasteiger partial charge in [0.25, 0.3) is 5.56 Å². The van der Waals surface area contributed by atoms with Crippen LogP contribution in [0.15, 0.2) is 23.0 Å². The molecule has 1 aromatic heterocycles. The number of nitriles is 1. The molecule has 0 aliphatic carbocycles. The SMILES string of the molecule is Cn1c(=O)c(C#N)cc2cc3c(cc21)OCO3. The van der Waals surface area contributed by atoms with E-state index in [-0.39, 0.29) is 17.9 Å². The molecule has 17 heavy (non-hydrogen) atoms. The molecule has 1 aliphatic heterocycles. The third-order valence-corrected chi connectivity index (χ3v) is 2.84. The predicted molar refractivity (Wildman–Crippen MR) is 60.0 cm³/mol. The minimum atomic E-state index is -0.307. The number of nitrogens with zero attached hydrogens (tertiary/aromatic N) is 2. The van der Waals surface area contributed by atoms with Gasteiger partial charge in [-0.25, -0.2) is 0 Å². The number of benzene rings is 1. The first kappa shape index (κ1) is 9.73. The quantitative estimate of drug-likeness (QED) is 0.678. The van der Waals surface area contributed by atoms with Crippen molar-refractivity contribution < 1.29 is 9.47 Å². The Labute approximate surface area is 96.4 Å². The van der Waals surface area contributed by atoms with Crippen molar-refractivity contribution in [2.45, 2.75) is 0 Å². The Bertz CT molecular complexity index is 725. The van der Waals surface area contributed by atoms with Gasteiger partial charge in [0, 0.05) is 18.5 Å². The number of rotatable bonds is 0. The Kier molecular flexibility index (Phi) is 1.86. The number of hydrogen-bond donors (Lipinski definition) is 0. The van der Waals surface area contributed by atoms with Gasteiger partial charge in [-0.05, 0) is 12.1 Å². The first-order chi connectivity index (χ1) is 8.20. The molecule has 0 bridgehead atoms. The molecule has 0 spiro atoms. The molecule has 3 rings (SSSR count). The van der Waals surface area contributed by atoms with Gasteiger partial charge in [0.1, 0.15) is 11.6 Å². The van der Waals surface area contributed by atoms with Crippen LogP contribution in [0, 0.1) is 11.3 Å². The van der Waals surface area contributed by atoms with Crippen molar-refractivity contribution in [1.82, 2.24) is 4.57 Å². The van der Waals surface area contributed by atoms with Crippen molar-refractivity contribution in [3.05, 3.63) is 34.1 Å². The average Bonchev–Trinajstić information content (AvgIpc) is 2.78. The lowest BCUT2D eigenvalue weighted by atomic mass is 10.1. The fraction of sp³-hybridized carbons (Fsp3) is 0.167. The highest BCUT2D eigenvalue weighted by atomic mass is 16.7. The maximum Gasteiger partial charge on any atom is 0.268 e. The van der Waals surface area contributed by atoms with Crippen LogP contribution in [0.25, 0.3) is 10.9 Å². The maximum atomic E-state index is 11.8. The number of aromatic nitrogens is 1. The van der Waals surface area contributed by atoms with E-state index in [2.05, 4.69) is 0 Å². The van der Waals surface area contributed by atoms with E-state index in [4.69, 9.17) is 14.7 Å². The van der Waals surface area contributed by atoms with Gasteiger partial charge in [-0.3, -0.25) is 4.79 Å². The molecule has 0 radical (unpaired) electrons. The summed E-state index contributed by atoms with van der Waals surface area (Å²) >= 11 is 0. The molecule has 0 N–H and O–H groups in total. The van der Waals surface area contributed by atoms with Crippen LogP contribution in [0.3, 0.4) is 0 Å².